The Balaban J connectivity index is 5.01. The van der Waals surface area contributed by atoms with E-state index in [1.807, 2.05) is 0 Å². The Bertz CT molecular complexity index is 241. The first-order chi connectivity index (χ1) is 7.80. The van der Waals surface area contributed by atoms with Gasteiger partial charge in [-0.1, -0.05) is 13.8 Å². The molecule has 0 fully saturated rings. The molecule has 0 saturated carbocycles. The van der Waals surface area contributed by atoms with E-state index in [0.29, 0.717) is 12.8 Å². The Morgan fingerprint density at radius 3 is 1.35 bits per heavy atom. The smallest absolute Gasteiger partial charge is 0.323 e. The third-order valence-electron chi connectivity index (χ3n) is 2.67. The molecule has 0 aromatic carbocycles. The van der Waals surface area contributed by atoms with Crippen molar-refractivity contribution in [3.63, 3.8) is 0 Å². The predicted molar refractivity (Wildman–Crippen MR) is 65.5 cm³/mol. The number of carbonyl (C=O) groups is 2. The molecule has 4 nitrogen and oxygen atoms in total. The summed E-state index contributed by atoms with van der Waals surface area (Å²) in [6, 6.07) is 0. The summed E-state index contributed by atoms with van der Waals surface area (Å²) < 4.78 is 10.3. The summed E-state index contributed by atoms with van der Waals surface area (Å²) in [5.74, 6) is -0.966. The molecule has 0 aromatic heterocycles. The molecule has 0 aliphatic heterocycles. The maximum Gasteiger partial charge on any atom is 0.323 e. The average molecular weight is 244 g/mol. The number of rotatable bonds is 6. The first-order valence-corrected chi connectivity index (χ1v) is 6.22. The molecule has 0 atom stereocenters. The second-order valence-electron chi connectivity index (χ2n) is 4.70. The van der Waals surface area contributed by atoms with Crippen molar-refractivity contribution in [1.29, 1.82) is 0 Å². The van der Waals surface area contributed by atoms with Gasteiger partial charge in [0.05, 0.1) is 12.2 Å². The second-order valence-corrected chi connectivity index (χ2v) is 4.70. The zero-order valence-electron chi connectivity index (χ0n) is 11.7. The van der Waals surface area contributed by atoms with E-state index in [4.69, 9.17) is 9.47 Å². The molecular formula is C13H24O4. The van der Waals surface area contributed by atoms with Gasteiger partial charge >= 0.3 is 11.9 Å². The van der Waals surface area contributed by atoms with Crippen LogP contribution in [0.15, 0.2) is 0 Å². The Morgan fingerprint density at radius 1 is 0.882 bits per heavy atom. The number of ether oxygens (including phenoxy) is 2. The van der Waals surface area contributed by atoms with Gasteiger partial charge < -0.3 is 9.47 Å². The first-order valence-electron chi connectivity index (χ1n) is 6.22. The Labute approximate surface area is 104 Å². The van der Waals surface area contributed by atoms with Crippen LogP contribution in [0.25, 0.3) is 0 Å². The summed E-state index contributed by atoms with van der Waals surface area (Å²) in [6.45, 7) is 10.7. The molecule has 0 bridgehead atoms. The maximum atomic E-state index is 12.0. The summed E-state index contributed by atoms with van der Waals surface area (Å²) in [5.41, 5.74) is -1.16. The van der Waals surface area contributed by atoms with Crippen LogP contribution in [0, 0.1) is 5.41 Å². The van der Waals surface area contributed by atoms with Gasteiger partial charge in [-0.3, -0.25) is 9.59 Å². The largest absolute Gasteiger partial charge is 0.462 e. The molecule has 0 aromatic rings. The minimum absolute atomic E-state index is 0.230. The van der Waals surface area contributed by atoms with Gasteiger partial charge in [0, 0.05) is 0 Å². The van der Waals surface area contributed by atoms with E-state index in [1.54, 1.807) is 41.5 Å². The lowest BCUT2D eigenvalue weighted by Gasteiger charge is -2.28. The molecule has 0 N–H and O–H groups in total. The van der Waals surface area contributed by atoms with Crippen molar-refractivity contribution in [2.24, 2.45) is 5.41 Å². The lowest BCUT2D eigenvalue weighted by Crippen LogP contribution is -2.42. The SMILES string of the molecule is CCC(CC)(C(=O)OC(C)C)C(=O)OC(C)C. The molecule has 0 unspecified atom stereocenters. The van der Waals surface area contributed by atoms with Crippen LogP contribution in [0.5, 0.6) is 0 Å². The number of carbonyl (C=O) groups excluding carboxylic acids is 2. The summed E-state index contributed by atoms with van der Waals surface area (Å²) >= 11 is 0. The van der Waals surface area contributed by atoms with Crippen molar-refractivity contribution >= 4 is 11.9 Å². The second kappa shape index (κ2) is 6.62. The van der Waals surface area contributed by atoms with Crippen molar-refractivity contribution < 1.29 is 19.1 Å². The van der Waals surface area contributed by atoms with Crippen LogP contribution in [0.1, 0.15) is 54.4 Å². The Hall–Kier alpha value is -1.06. The highest BCUT2D eigenvalue weighted by atomic mass is 16.6. The number of hydrogen-bond donors (Lipinski definition) is 0. The molecule has 0 amide bonds. The zero-order chi connectivity index (χ0) is 13.6. The highest BCUT2D eigenvalue weighted by molar-refractivity contribution is 6.00. The molecule has 0 rings (SSSR count). The normalized spacial score (nSPS) is 11.8. The fraction of sp³-hybridized carbons (Fsp3) is 0.846. The standard InChI is InChI=1S/C13H24O4/c1-7-13(8-2,11(14)16-9(3)4)12(15)17-10(5)6/h9-10H,7-8H2,1-6H3. The Morgan fingerprint density at radius 2 is 1.18 bits per heavy atom. The van der Waals surface area contributed by atoms with Crippen molar-refractivity contribution in [2.75, 3.05) is 0 Å². The van der Waals surface area contributed by atoms with Crippen LogP contribution in [0.3, 0.4) is 0 Å². The molecule has 17 heavy (non-hydrogen) atoms. The van der Waals surface area contributed by atoms with Crippen molar-refractivity contribution in [1.82, 2.24) is 0 Å². The van der Waals surface area contributed by atoms with Crippen molar-refractivity contribution in [3.05, 3.63) is 0 Å². The van der Waals surface area contributed by atoms with E-state index in [9.17, 15) is 9.59 Å². The van der Waals surface area contributed by atoms with Gasteiger partial charge in [0.25, 0.3) is 0 Å². The third kappa shape index (κ3) is 4.02. The van der Waals surface area contributed by atoms with Crippen LogP contribution >= 0.6 is 0 Å². The van der Waals surface area contributed by atoms with E-state index >= 15 is 0 Å². The highest BCUT2D eigenvalue weighted by Crippen LogP contribution is 2.31. The van der Waals surface area contributed by atoms with Gasteiger partial charge in [-0.25, -0.2) is 0 Å². The maximum absolute atomic E-state index is 12.0. The molecule has 0 spiro atoms. The highest BCUT2D eigenvalue weighted by Gasteiger charge is 2.46. The lowest BCUT2D eigenvalue weighted by atomic mass is 9.82. The fourth-order valence-electron chi connectivity index (χ4n) is 1.56. The summed E-state index contributed by atoms with van der Waals surface area (Å²) in [5, 5.41) is 0. The molecular weight excluding hydrogens is 220 g/mol. The van der Waals surface area contributed by atoms with Crippen LogP contribution in [-0.2, 0) is 19.1 Å². The van der Waals surface area contributed by atoms with Gasteiger partial charge in [-0.15, -0.1) is 0 Å². The quantitative estimate of drug-likeness (QED) is 0.532. The Kier molecular flexibility index (Phi) is 6.21. The van der Waals surface area contributed by atoms with Gasteiger partial charge in [0.2, 0.25) is 0 Å². The first kappa shape index (κ1) is 15.9. The monoisotopic (exact) mass is 244 g/mol. The molecule has 0 heterocycles. The van der Waals surface area contributed by atoms with Gasteiger partial charge in [0.15, 0.2) is 5.41 Å². The molecule has 0 radical (unpaired) electrons. The molecule has 4 heteroatoms. The molecule has 0 aliphatic rings. The van der Waals surface area contributed by atoms with Crippen LogP contribution in [0.4, 0.5) is 0 Å². The minimum Gasteiger partial charge on any atom is -0.462 e. The predicted octanol–water partition coefficient (Wildman–Crippen LogP) is 2.70. The van der Waals surface area contributed by atoms with Crippen molar-refractivity contribution in [3.8, 4) is 0 Å². The average Bonchev–Trinajstić information content (AvgIpc) is 2.17. The van der Waals surface area contributed by atoms with E-state index < -0.39 is 17.4 Å². The summed E-state index contributed by atoms with van der Waals surface area (Å²) in [7, 11) is 0. The molecule has 0 aliphatic carbocycles. The minimum atomic E-state index is -1.16. The lowest BCUT2D eigenvalue weighted by molar-refractivity contribution is -0.177. The topological polar surface area (TPSA) is 52.6 Å². The molecule has 100 valence electrons. The summed E-state index contributed by atoms with van der Waals surface area (Å²) in [4.78, 5) is 24.1. The third-order valence-corrected chi connectivity index (χ3v) is 2.67. The van der Waals surface area contributed by atoms with E-state index in [0.717, 1.165) is 0 Å². The van der Waals surface area contributed by atoms with E-state index in [-0.39, 0.29) is 12.2 Å². The van der Waals surface area contributed by atoms with Crippen molar-refractivity contribution in [2.45, 2.75) is 66.6 Å². The van der Waals surface area contributed by atoms with Crippen LogP contribution in [0.2, 0.25) is 0 Å². The summed E-state index contributed by atoms with van der Waals surface area (Å²) in [6.07, 6.45) is 0.319. The van der Waals surface area contributed by atoms with Crippen LogP contribution < -0.4 is 0 Å². The van der Waals surface area contributed by atoms with Gasteiger partial charge in [-0.2, -0.15) is 0 Å². The fourth-order valence-corrected chi connectivity index (χ4v) is 1.56. The number of esters is 2. The molecule has 0 saturated heterocycles. The van der Waals surface area contributed by atoms with E-state index in [2.05, 4.69) is 0 Å². The van der Waals surface area contributed by atoms with Gasteiger partial charge in [0.1, 0.15) is 0 Å². The van der Waals surface area contributed by atoms with Crippen LogP contribution in [-0.4, -0.2) is 24.1 Å². The van der Waals surface area contributed by atoms with Gasteiger partial charge in [-0.05, 0) is 40.5 Å². The zero-order valence-corrected chi connectivity index (χ0v) is 11.7. The van der Waals surface area contributed by atoms with E-state index in [1.165, 1.54) is 0 Å². The number of hydrogen-bond acceptors (Lipinski definition) is 4.